The Labute approximate surface area is 106 Å². The molecule has 1 unspecified atom stereocenters. The van der Waals surface area contributed by atoms with Crippen LogP contribution < -0.4 is 5.73 Å². The van der Waals surface area contributed by atoms with E-state index in [9.17, 15) is 4.39 Å². The maximum absolute atomic E-state index is 13.1. The van der Waals surface area contributed by atoms with Gasteiger partial charge in [0.25, 0.3) is 0 Å². The molecule has 1 atom stereocenters. The minimum Gasteiger partial charge on any atom is -0.379 e. The summed E-state index contributed by atoms with van der Waals surface area (Å²) in [4.78, 5) is 0. The van der Waals surface area contributed by atoms with E-state index in [2.05, 4.69) is 0 Å². The molecule has 0 radical (unpaired) electrons. The third-order valence-corrected chi connectivity index (χ3v) is 3.66. The highest BCUT2D eigenvalue weighted by Crippen LogP contribution is 2.38. The van der Waals surface area contributed by atoms with Gasteiger partial charge in [0, 0.05) is 11.5 Å². The first-order valence-corrected chi connectivity index (χ1v) is 6.20. The summed E-state index contributed by atoms with van der Waals surface area (Å²) in [5.41, 5.74) is 6.81. The largest absolute Gasteiger partial charge is 0.379 e. The number of rotatable bonds is 4. The van der Waals surface area contributed by atoms with E-state index in [-0.39, 0.29) is 22.3 Å². The summed E-state index contributed by atoms with van der Waals surface area (Å²) in [6, 6.07) is 5.10. The van der Waals surface area contributed by atoms with Crippen LogP contribution >= 0.6 is 11.6 Å². The zero-order valence-corrected chi connectivity index (χ0v) is 10.6. The molecule has 0 aliphatic carbocycles. The predicted octanol–water partition coefficient (Wildman–Crippen LogP) is 2.87. The van der Waals surface area contributed by atoms with Gasteiger partial charge in [-0.25, -0.2) is 4.39 Å². The van der Waals surface area contributed by atoms with Gasteiger partial charge >= 0.3 is 0 Å². The average molecular weight is 258 g/mol. The van der Waals surface area contributed by atoms with E-state index in [0.29, 0.717) is 13.2 Å². The molecule has 1 fully saturated rings. The Balaban J connectivity index is 2.19. The van der Waals surface area contributed by atoms with E-state index in [1.165, 1.54) is 6.07 Å². The lowest BCUT2D eigenvalue weighted by Gasteiger charge is -2.42. The lowest BCUT2D eigenvalue weighted by atomic mass is 9.74. The minimum absolute atomic E-state index is 0.0228. The Morgan fingerprint density at radius 2 is 2.24 bits per heavy atom. The summed E-state index contributed by atoms with van der Waals surface area (Å²) in [6.07, 6.45) is 1.88. The molecule has 4 heteroatoms. The van der Waals surface area contributed by atoms with Crippen molar-refractivity contribution in [2.24, 2.45) is 5.73 Å². The van der Waals surface area contributed by atoms with E-state index in [4.69, 9.17) is 22.1 Å². The molecule has 0 amide bonds. The van der Waals surface area contributed by atoms with E-state index in [1.807, 2.05) is 6.92 Å². The smallest absolute Gasteiger partial charge is 0.141 e. The van der Waals surface area contributed by atoms with Crippen LogP contribution in [-0.2, 0) is 10.2 Å². The fourth-order valence-electron chi connectivity index (χ4n) is 2.13. The summed E-state index contributed by atoms with van der Waals surface area (Å²) in [5, 5.41) is 0.176. The van der Waals surface area contributed by atoms with Gasteiger partial charge in [0.2, 0.25) is 0 Å². The summed E-state index contributed by atoms with van der Waals surface area (Å²) < 4.78 is 18.5. The molecular formula is C13H17ClFNO. The third-order valence-electron chi connectivity index (χ3n) is 3.37. The van der Waals surface area contributed by atoms with Gasteiger partial charge in [0.05, 0.1) is 18.2 Å². The monoisotopic (exact) mass is 257 g/mol. The van der Waals surface area contributed by atoms with E-state index in [0.717, 1.165) is 18.4 Å². The van der Waals surface area contributed by atoms with Crippen LogP contribution in [-0.4, -0.2) is 19.3 Å². The molecule has 2 nitrogen and oxygen atoms in total. The van der Waals surface area contributed by atoms with Crippen LogP contribution in [0.2, 0.25) is 5.02 Å². The Hall–Kier alpha value is -0.640. The maximum atomic E-state index is 13.1. The van der Waals surface area contributed by atoms with Crippen LogP contribution in [0.15, 0.2) is 18.2 Å². The fraction of sp³-hybridized carbons (Fsp3) is 0.538. The van der Waals surface area contributed by atoms with Crippen molar-refractivity contribution < 1.29 is 9.13 Å². The SMILES string of the molecule is CC(N)CCC1(c2ccc(F)c(Cl)c2)COC1. The number of hydrogen-bond acceptors (Lipinski definition) is 2. The number of halogens is 2. The van der Waals surface area contributed by atoms with Crippen LogP contribution in [0.5, 0.6) is 0 Å². The van der Waals surface area contributed by atoms with Crippen molar-refractivity contribution in [2.75, 3.05) is 13.2 Å². The van der Waals surface area contributed by atoms with Crippen LogP contribution in [0.3, 0.4) is 0 Å². The number of ether oxygens (including phenoxy) is 1. The van der Waals surface area contributed by atoms with Gasteiger partial charge in [-0.2, -0.15) is 0 Å². The molecule has 1 aliphatic heterocycles. The molecule has 1 aliphatic rings. The zero-order chi connectivity index (χ0) is 12.5. The molecule has 1 saturated heterocycles. The van der Waals surface area contributed by atoms with E-state index in [1.54, 1.807) is 12.1 Å². The molecule has 1 heterocycles. The molecule has 1 aromatic carbocycles. The van der Waals surface area contributed by atoms with Gasteiger partial charge in [-0.15, -0.1) is 0 Å². The summed E-state index contributed by atoms with van der Waals surface area (Å²) in [7, 11) is 0. The van der Waals surface area contributed by atoms with Crippen LogP contribution in [0.4, 0.5) is 4.39 Å². The van der Waals surface area contributed by atoms with Crippen LogP contribution in [0.25, 0.3) is 0 Å². The first kappa shape index (κ1) is 12.8. The molecular weight excluding hydrogens is 241 g/mol. The van der Waals surface area contributed by atoms with Gasteiger partial charge in [-0.1, -0.05) is 17.7 Å². The van der Waals surface area contributed by atoms with Gasteiger partial charge < -0.3 is 10.5 Å². The quantitative estimate of drug-likeness (QED) is 0.900. The minimum atomic E-state index is -0.377. The molecule has 17 heavy (non-hydrogen) atoms. The highest BCUT2D eigenvalue weighted by atomic mass is 35.5. The van der Waals surface area contributed by atoms with Gasteiger partial charge in [0.15, 0.2) is 0 Å². The second-order valence-electron chi connectivity index (χ2n) is 4.92. The van der Waals surface area contributed by atoms with Crippen molar-refractivity contribution in [1.82, 2.24) is 0 Å². The topological polar surface area (TPSA) is 35.2 Å². The van der Waals surface area contributed by atoms with Crippen molar-refractivity contribution in [1.29, 1.82) is 0 Å². The lowest BCUT2D eigenvalue weighted by molar-refractivity contribution is -0.0657. The summed E-state index contributed by atoms with van der Waals surface area (Å²) in [6.45, 7) is 3.33. The lowest BCUT2D eigenvalue weighted by Crippen LogP contribution is -2.47. The van der Waals surface area contributed by atoms with Crippen LogP contribution in [0.1, 0.15) is 25.3 Å². The first-order chi connectivity index (χ1) is 8.03. The molecule has 2 N–H and O–H groups in total. The van der Waals surface area contributed by atoms with Crippen LogP contribution in [0, 0.1) is 5.82 Å². The number of hydrogen-bond donors (Lipinski definition) is 1. The van der Waals surface area contributed by atoms with Gasteiger partial charge in [-0.05, 0) is 37.5 Å². The first-order valence-electron chi connectivity index (χ1n) is 5.82. The Bertz CT molecular complexity index is 404. The molecule has 0 saturated carbocycles. The standard InChI is InChI=1S/C13H17ClFNO/c1-9(16)4-5-13(7-17-8-13)10-2-3-12(15)11(14)6-10/h2-3,6,9H,4-5,7-8,16H2,1H3. The molecule has 1 aromatic rings. The number of benzene rings is 1. The third kappa shape index (κ3) is 2.62. The molecule has 94 valence electrons. The normalized spacial score (nSPS) is 19.8. The zero-order valence-electron chi connectivity index (χ0n) is 9.88. The highest BCUT2D eigenvalue weighted by Gasteiger charge is 2.40. The predicted molar refractivity (Wildman–Crippen MR) is 66.8 cm³/mol. The summed E-state index contributed by atoms with van der Waals surface area (Å²) >= 11 is 5.82. The molecule has 0 bridgehead atoms. The fourth-order valence-corrected chi connectivity index (χ4v) is 2.31. The van der Waals surface area contributed by atoms with Gasteiger partial charge in [-0.3, -0.25) is 0 Å². The van der Waals surface area contributed by atoms with Crippen molar-refractivity contribution in [3.05, 3.63) is 34.6 Å². The van der Waals surface area contributed by atoms with Crippen molar-refractivity contribution in [3.8, 4) is 0 Å². The van der Waals surface area contributed by atoms with E-state index >= 15 is 0 Å². The van der Waals surface area contributed by atoms with E-state index < -0.39 is 0 Å². The second-order valence-corrected chi connectivity index (χ2v) is 5.33. The second kappa shape index (κ2) is 4.92. The van der Waals surface area contributed by atoms with Gasteiger partial charge in [0.1, 0.15) is 5.82 Å². The molecule has 0 spiro atoms. The molecule has 2 rings (SSSR count). The maximum Gasteiger partial charge on any atom is 0.141 e. The van der Waals surface area contributed by atoms with Crippen molar-refractivity contribution >= 4 is 11.6 Å². The summed E-state index contributed by atoms with van der Waals surface area (Å²) in [5.74, 6) is -0.377. The van der Waals surface area contributed by atoms with Crippen molar-refractivity contribution in [2.45, 2.75) is 31.2 Å². The Kier molecular flexibility index (Phi) is 3.71. The molecule has 0 aromatic heterocycles. The van der Waals surface area contributed by atoms with Crippen molar-refractivity contribution in [3.63, 3.8) is 0 Å². The Morgan fingerprint density at radius 1 is 1.53 bits per heavy atom. The number of nitrogens with two attached hydrogens (primary N) is 1. The Morgan fingerprint density at radius 3 is 2.71 bits per heavy atom. The average Bonchev–Trinajstić information content (AvgIpc) is 2.21. The highest BCUT2D eigenvalue weighted by molar-refractivity contribution is 6.30.